The zero-order valence-electron chi connectivity index (χ0n) is 15.9. The van der Waals surface area contributed by atoms with E-state index in [-0.39, 0.29) is 5.91 Å². The molecule has 0 atom stereocenters. The molecule has 0 spiro atoms. The third-order valence-corrected chi connectivity index (χ3v) is 4.23. The summed E-state index contributed by atoms with van der Waals surface area (Å²) in [6.45, 7) is 0.731. The highest BCUT2D eigenvalue weighted by atomic mass is 16.5. The number of methoxy groups -OCH3 is 2. The van der Waals surface area contributed by atoms with Gasteiger partial charge in [0.25, 0.3) is 5.91 Å². The van der Waals surface area contributed by atoms with E-state index in [0.29, 0.717) is 17.0 Å². The molecule has 1 amide bonds. The van der Waals surface area contributed by atoms with Crippen LogP contribution in [-0.4, -0.2) is 31.7 Å². The normalized spacial score (nSPS) is 10.2. The summed E-state index contributed by atoms with van der Waals surface area (Å²) in [7, 11) is 3.24. The van der Waals surface area contributed by atoms with Crippen LogP contribution in [0.2, 0.25) is 0 Å². The quantitative estimate of drug-likeness (QED) is 0.621. The third-order valence-electron chi connectivity index (χ3n) is 4.23. The second kappa shape index (κ2) is 9.41. The zero-order valence-corrected chi connectivity index (χ0v) is 15.9. The minimum Gasteiger partial charge on any atom is -0.497 e. The van der Waals surface area contributed by atoms with Crippen LogP contribution in [0.1, 0.15) is 15.9 Å². The van der Waals surface area contributed by atoms with Crippen molar-refractivity contribution in [2.45, 2.75) is 6.42 Å². The standard InChI is InChI=1S/C22H23N3O3/c1-27-20-8-6-16(7-9-20)10-11-24-19-12-17(14-23-15-19)22(26)25-18-4-3-5-21(13-18)28-2/h3-9,12-15,24H,10-11H2,1-2H3,(H,25,26). The first-order chi connectivity index (χ1) is 13.7. The average molecular weight is 377 g/mol. The molecule has 3 rings (SSSR count). The Morgan fingerprint density at radius 2 is 1.71 bits per heavy atom. The summed E-state index contributed by atoms with van der Waals surface area (Å²) in [4.78, 5) is 16.7. The van der Waals surface area contributed by atoms with Crippen molar-refractivity contribution in [2.24, 2.45) is 0 Å². The summed E-state index contributed by atoms with van der Waals surface area (Å²) in [5.74, 6) is 1.31. The Kier molecular flexibility index (Phi) is 6.46. The van der Waals surface area contributed by atoms with Crippen LogP contribution in [0.3, 0.4) is 0 Å². The summed E-state index contributed by atoms with van der Waals surface area (Å²) in [5, 5.41) is 6.16. The molecule has 144 valence electrons. The number of carbonyl (C=O) groups excluding carboxylic acids is 1. The van der Waals surface area contributed by atoms with Crippen LogP contribution < -0.4 is 20.1 Å². The molecule has 0 aliphatic rings. The number of hydrogen-bond donors (Lipinski definition) is 2. The first kappa shape index (κ1) is 19.2. The predicted molar refractivity (Wildman–Crippen MR) is 110 cm³/mol. The Balaban J connectivity index is 1.57. The Morgan fingerprint density at radius 1 is 0.929 bits per heavy atom. The number of amides is 1. The fraction of sp³-hybridized carbons (Fsp3) is 0.182. The number of benzene rings is 2. The highest BCUT2D eigenvalue weighted by Crippen LogP contribution is 2.18. The fourth-order valence-corrected chi connectivity index (χ4v) is 2.71. The SMILES string of the molecule is COc1ccc(CCNc2cncc(C(=O)Nc3cccc(OC)c3)c2)cc1. The number of nitrogens with one attached hydrogen (secondary N) is 2. The Morgan fingerprint density at radius 3 is 2.46 bits per heavy atom. The fourth-order valence-electron chi connectivity index (χ4n) is 2.71. The van der Waals surface area contributed by atoms with Crippen molar-refractivity contribution in [1.29, 1.82) is 0 Å². The van der Waals surface area contributed by atoms with Crippen molar-refractivity contribution in [3.05, 3.63) is 78.1 Å². The summed E-state index contributed by atoms with van der Waals surface area (Å²) in [5.41, 5.74) is 3.15. The molecular formula is C22H23N3O3. The number of pyridine rings is 1. The summed E-state index contributed by atoms with van der Waals surface area (Å²) < 4.78 is 10.3. The van der Waals surface area contributed by atoms with E-state index in [1.54, 1.807) is 38.7 Å². The number of carbonyl (C=O) groups is 1. The molecule has 3 aromatic rings. The Bertz CT molecular complexity index is 926. The summed E-state index contributed by atoms with van der Waals surface area (Å²) in [6.07, 6.45) is 4.10. The predicted octanol–water partition coefficient (Wildman–Crippen LogP) is 4.01. The first-order valence-corrected chi connectivity index (χ1v) is 8.95. The lowest BCUT2D eigenvalue weighted by Crippen LogP contribution is -2.13. The van der Waals surface area contributed by atoms with Gasteiger partial charge in [0.05, 0.1) is 25.5 Å². The molecule has 0 bridgehead atoms. The van der Waals surface area contributed by atoms with Gasteiger partial charge in [-0.05, 0) is 42.3 Å². The minimum atomic E-state index is -0.223. The van der Waals surface area contributed by atoms with Gasteiger partial charge in [-0.25, -0.2) is 0 Å². The molecule has 1 heterocycles. The molecule has 0 saturated carbocycles. The van der Waals surface area contributed by atoms with Crippen LogP contribution in [0.4, 0.5) is 11.4 Å². The third kappa shape index (κ3) is 5.23. The molecule has 6 heteroatoms. The average Bonchev–Trinajstić information content (AvgIpc) is 2.74. The van der Waals surface area contributed by atoms with E-state index in [9.17, 15) is 4.79 Å². The van der Waals surface area contributed by atoms with Gasteiger partial charge in [-0.1, -0.05) is 18.2 Å². The number of rotatable bonds is 8. The number of anilines is 2. The van der Waals surface area contributed by atoms with Gasteiger partial charge in [-0.2, -0.15) is 0 Å². The van der Waals surface area contributed by atoms with Gasteiger partial charge in [-0.3, -0.25) is 9.78 Å². The largest absolute Gasteiger partial charge is 0.497 e. The molecule has 0 unspecified atom stereocenters. The van der Waals surface area contributed by atoms with E-state index in [1.165, 1.54) is 5.56 Å². The highest BCUT2D eigenvalue weighted by Gasteiger charge is 2.08. The Hall–Kier alpha value is -3.54. The maximum absolute atomic E-state index is 12.5. The van der Waals surface area contributed by atoms with Gasteiger partial charge in [0, 0.05) is 30.7 Å². The molecule has 2 aromatic carbocycles. The van der Waals surface area contributed by atoms with Crippen molar-refractivity contribution < 1.29 is 14.3 Å². The first-order valence-electron chi connectivity index (χ1n) is 8.95. The van der Waals surface area contributed by atoms with E-state index in [1.807, 2.05) is 42.5 Å². The van der Waals surface area contributed by atoms with Crippen LogP contribution in [0.25, 0.3) is 0 Å². The molecule has 28 heavy (non-hydrogen) atoms. The van der Waals surface area contributed by atoms with Crippen LogP contribution >= 0.6 is 0 Å². The number of nitrogens with zero attached hydrogens (tertiary/aromatic N) is 1. The lowest BCUT2D eigenvalue weighted by atomic mass is 10.1. The summed E-state index contributed by atoms with van der Waals surface area (Å²) >= 11 is 0. The molecule has 0 fully saturated rings. The van der Waals surface area contributed by atoms with Crippen LogP contribution in [0.5, 0.6) is 11.5 Å². The molecule has 0 aliphatic carbocycles. The minimum absolute atomic E-state index is 0.223. The molecule has 0 radical (unpaired) electrons. The van der Waals surface area contributed by atoms with E-state index < -0.39 is 0 Å². The van der Waals surface area contributed by atoms with Gasteiger partial charge in [-0.15, -0.1) is 0 Å². The molecule has 0 saturated heterocycles. The van der Waals surface area contributed by atoms with Crippen LogP contribution in [0, 0.1) is 0 Å². The van der Waals surface area contributed by atoms with Crippen molar-refractivity contribution in [1.82, 2.24) is 4.98 Å². The second-order valence-electron chi connectivity index (χ2n) is 6.17. The molecule has 6 nitrogen and oxygen atoms in total. The van der Waals surface area contributed by atoms with Gasteiger partial charge < -0.3 is 20.1 Å². The molecule has 1 aromatic heterocycles. The highest BCUT2D eigenvalue weighted by molar-refractivity contribution is 6.04. The lowest BCUT2D eigenvalue weighted by molar-refractivity contribution is 0.102. The van der Waals surface area contributed by atoms with E-state index >= 15 is 0 Å². The van der Waals surface area contributed by atoms with Crippen LogP contribution in [-0.2, 0) is 6.42 Å². The van der Waals surface area contributed by atoms with Crippen molar-refractivity contribution in [3.8, 4) is 11.5 Å². The lowest BCUT2D eigenvalue weighted by Gasteiger charge is -2.10. The van der Waals surface area contributed by atoms with E-state index in [4.69, 9.17) is 9.47 Å². The smallest absolute Gasteiger partial charge is 0.257 e. The number of hydrogen-bond acceptors (Lipinski definition) is 5. The summed E-state index contributed by atoms with van der Waals surface area (Å²) in [6, 6.07) is 17.0. The topological polar surface area (TPSA) is 72.5 Å². The zero-order chi connectivity index (χ0) is 19.8. The monoisotopic (exact) mass is 377 g/mol. The second-order valence-corrected chi connectivity index (χ2v) is 6.17. The molecular weight excluding hydrogens is 354 g/mol. The van der Waals surface area contributed by atoms with Gasteiger partial charge in [0.2, 0.25) is 0 Å². The van der Waals surface area contributed by atoms with Crippen molar-refractivity contribution >= 4 is 17.3 Å². The van der Waals surface area contributed by atoms with E-state index in [0.717, 1.165) is 24.4 Å². The van der Waals surface area contributed by atoms with Crippen LogP contribution in [0.15, 0.2) is 67.0 Å². The number of aromatic nitrogens is 1. The Labute approximate surface area is 164 Å². The van der Waals surface area contributed by atoms with Gasteiger partial charge in [0.15, 0.2) is 0 Å². The van der Waals surface area contributed by atoms with E-state index in [2.05, 4.69) is 15.6 Å². The maximum atomic E-state index is 12.5. The molecule has 2 N–H and O–H groups in total. The van der Waals surface area contributed by atoms with Gasteiger partial charge in [0.1, 0.15) is 11.5 Å². The van der Waals surface area contributed by atoms with Gasteiger partial charge >= 0.3 is 0 Å². The maximum Gasteiger partial charge on any atom is 0.257 e. The van der Waals surface area contributed by atoms with Crippen molar-refractivity contribution in [2.75, 3.05) is 31.4 Å². The van der Waals surface area contributed by atoms with Crippen molar-refractivity contribution in [3.63, 3.8) is 0 Å². The number of ether oxygens (including phenoxy) is 2. The molecule has 0 aliphatic heterocycles.